The van der Waals surface area contributed by atoms with E-state index in [9.17, 15) is 14.4 Å². The number of rotatable bonds is 64. The van der Waals surface area contributed by atoms with Crippen LogP contribution < -0.4 is 0 Å². The van der Waals surface area contributed by atoms with E-state index >= 15 is 0 Å². The van der Waals surface area contributed by atoms with Gasteiger partial charge in [0.25, 0.3) is 0 Å². The molecule has 0 saturated carbocycles. The maximum Gasteiger partial charge on any atom is 0.306 e. The summed E-state index contributed by atoms with van der Waals surface area (Å²) in [5, 5.41) is 0. The van der Waals surface area contributed by atoms with Gasteiger partial charge in [-0.1, -0.05) is 326 Å². The van der Waals surface area contributed by atoms with E-state index in [1.165, 1.54) is 218 Å². The first kappa shape index (κ1) is 76.1. The fraction of sp³-hybridized carbons (Fsp3) is 0.822. The highest BCUT2D eigenvalue weighted by Crippen LogP contribution is 2.18. The minimum Gasteiger partial charge on any atom is -0.462 e. The Morgan fingerprint density at radius 2 is 0.481 bits per heavy atom. The minimum atomic E-state index is -0.787. The summed E-state index contributed by atoms with van der Waals surface area (Å²) in [7, 11) is 0. The van der Waals surface area contributed by atoms with Crippen LogP contribution in [0, 0.1) is 0 Å². The highest BCUT2D eigenvalue weighted by molar-refractivity contribution is 5.71. The van der Waals surface area contributed by atoms with E-state index in [0.717, 1.165) is 109 Å². The van der Waals surface area contributed by atoms with Crippen LogP contribution in [0.4, 0.5) is 0 Å². The van der Waals surface area contributed by atoms with Gasteiger partial charge in [-0.25, -0.2) is 0 Å². The zero-order valence-electron chi connectivity index (χ0n) is 52.9. The summed E-state index contributed by atoms with van der Waals surface area (Å²) < 4.78 is 16.9. The molecule has 0 aromatic rings. The molecule has 0 saturated heterocycles. The highest BCUT2D eigenvalue weighted by atomic mass is 16.6. The third kappa shape index (κ3) is 65.8. The summed E-state index contributed by atoms with van der Waals surface area (Å²) >= 11 is 0. The van der Waals surface area contributed by atoms with Gasteiger partial charge in [-0.2, -0.15) is 0 Å². The Morgan fingerprint density at radius 1 is 0.253 bits per heavy atom. The monoisotopic (exact) mass is 1110 g/mol. The van der Waals surface area contributed by atoms with Crippen molar-refractivity contribution in [3.63, 3.8) is 0 Å². The van der Waals surface area contributed by atoms with Crippen LogP contribution in [0.25, 0.3) is 0 Å². The number of unbranched alkanes of at least 4 members (excludes halogenated alkanes) is 43. The minimum absolute atomic E-state index is 0.0811. The topological polar surface area (TPSA) is 78.9 Å². The second-order valence-corrected chi connectivity index (χ2v) is 23.4. The molecule has 0 rings (SSSR count). The first-order chi connectivity index (χ1) is 39.0. The molecule has 460 valence electrons. The fourth-order valence-corrected chi connectivity index (χ4v) is 10.3. The van der Waals surface area contributed by atoms with Gasteiger partial charge in [0, 0.05) is 19.3 Å². The zero-order valence-corrected chi connectivity index (χ0v) is 52.9. The summed E-state index contributed by atoms with van der Waals surface area (Å²) in [6, 6.07) is 0. The molecule has 0 fully saturated rings. The fourth-order valence-electron chi connectivity index (χ4n) is 10.3. The molecule has 79 heavy (non-hydrogen) atoms. The van der Waals surface area contributed by atoms with Crippen LogP contribution in [0.1, 0.15) is 367 Å². The Labute approximate surface area is 491 Å². The number of allylic oxidation sites excluding steroid dienone is 10. The van der Waals surface area contributed by atoms with Gasteiger partial charge in [-0.05, 0) is 83.5 Å². The zero-order chi connectivity index (χ0) is 57.1. The predicted molar refractivity (Wildman–Crippen MR) is 344 cm³/mol. The van der Waals surface area contributed by atoms with E-state index < -0.39 is 6.10 Å². The summed E-state index contributed by atoms with van der Waals surface area (Å²) in [6.45, 7) is 6.60. The lowest BCUT2D eigenvalue weighted by molar-refractivity contribution is -0.167. The summed E-state index contributed by atoms with van der Waals surface area (Å²) in [5.74, 6) is -0.888. The van der Waals surface area contributed by atoms with Crippen molar-refractivity contribution in [2.45, 2.75) is 374 Å². The van der Waals surface area contributed by atoms with Crippen molar-refractivity contribution in [3.05, 3.63) is 60.8 Å². The molecule has 6 heteroatoms. The van der Waals surface area contributed by atoms with Gasteiger partial charge in [0.15, 0.2) is 6.10 Å². The van der Waals surface area contributed by atoms with Gasteiger partial charge in [0.1, 0.15) is 13.2 Å². The summed E-state index contributed by atoms with van der Waals surface area (Å²) in [4.78, 5) is 38.4. The maximum atomic E-state index is 12.9. The van der Waals surface area contributed by atoms with E-state index in [1.807, 2.05) is 0 Å². The highest BCUT2D eigenvalue weighted by Gasteiger charge is 2.19. The molecule has 0 aromatic heterocycles. The van der Waals surface area contributed by atoms with Gasteiger partial charge in [0.05, 0.1) is 0 Å². The van der Waals surface area contributed by atoms with Crippen LogP contribution in [-0.2, 0) is 28.6 Å². The van der Waals surface area contributed by atoms with Crippen LogP contribution in [0.3, 0.4) is 0 Å². The van der Waals surface area contributed by atoms with Crippen molar-refractivity contribution in [2.75, 3.05) is 13.2 Å². The molecule has 0 aliphatic carbocycles. The van der Waals surface area contributed by atoms with Crippen LogP contribution >= 0.6 is 0 Å². The largest absolute Gasteiger partial charge is 0.462 e. The quantitative estimate of drug-likeness (QED) is 0.0261. The van der Waals surface area contributed by atoms with Crippen molar-refractivity contribution in [3.8, 4) is 0 Å². The van der Waals surface area contributed by atoms with Gasteiger partial charge >= 0.3 is 17.9 Å². The lowest BCUT2D eigenvalue weighted by Crippen LogP contribution is -2.30. The molecule has 0 aromatic carbocycles. The van der Waals surface area contributed by atoms with Crippen molar-refractivity contribution >= 4 is 17.9 Å². The van der Waals surface area contributed by atoms with E-state index in [4.69, 9.17) is 14.2 Å². The van der Waals surface area contributed by atoms with Crippen LogP contribution in [0.15, 0.2) is 60.8 Å². The summed E-state index contributed by atoms with van der Waals surface area (Å²) in [6.07, 6.45) is 86.8. The molecular weight excluding hydrogens is 973 g/mol. The van der Waals surface area contributed by atoms with Gasteiger partial charge in [-0.15, -0.1) is 0 Å². The molecule has 1 unspecified atom stereocenters. The van der Waals surface area contributed by atoms with Crippen molar-refractivity contribution in [2.24, 2.45) is 0 Å². The summed E-state index contributed by atoms with van der Waals surface area (Å²) in [5.41, 5.74) is 0. The molecule has 0 N–H and O–H groups in total. The molecule has 0 aliphatic rings. The lowest BCUT2D eigenvalue weighted by atomic mass is 10.0. The SMILES string of the molecule is CCC/C=C\C/C=C\CCCCCCCC(=O)OCC(COC(=O)CCCCCCCCCCCCCCCCCCCCCCCCCCCCC)OC(=O)CCCCCCCC/C=C\C/C=C\C/C=C\CCCCCCC. The smallest absolute Gasteiger partial charge is 0.306 e. The normalized spacial score (nSPS) is 12.4. The number of esters is 3. The molecule has 0 bridgehead atoms. The van der Waals surface area contributed by atoms with Gasteiger partial charge in [0.2, 0.25) is 0 Å². The second-order valence-electron chi connectivity index (χ2n) is 23.4. The van der Waals surface area contributed by atoms with Crippen LogP contribution in [0.2, 0.25) is 0 Å². The Bertz CT molecular complexity index is 1410. The van der Waals surface area contributed by atoms with Gasteiger partial charge in [-0.3, -0.25) is 14.4 Å². The second kappa shape index (κ2) is 67.6. The molecule has 6 nitrogen and oxygen atoms in total. The first-order valence-electron chi connectivity index (χ1n) is 34.8. The number of carbonyl (C=O) groups is 3. The molecule has 0 aliphatic heterocycles. The molecule has 1 atom stereocenters. The van der Waals surface area contributed by atoms with Crippen molar-refractivity contribution < 1.29 is 28.6 Å². The van der Waals surface area contributed by atoms with Crippen LogP contribution in [0.5, 0.6) is 0 Å². The predicted octanol–water partition coefficient (Wildman–Crippen LogP) is 23.9. The average Bonchev–Trinajstić information content (AvgIpc) is 3.45. The Morgan fingerprint density at radius 3 is 0.759 bits per heavy atom. The number of ether oxygens (including phenoxy) is 3. The molecule has 0 amide bonds. The molecular formula is C73H132O6. The van der Waals surface area contributed by atoms with E-state index in [0.29, 0.717) is 19.3 Å². The number of hydrogen-bond acceptors (Lipinski definition) is 6. The van der Waals surface area contributed by atoms with E-state index in [-0.39, 0.29) is 31.1 Å². The van der Waals surface area contributed by atoms with Crippen LogP contribution in [-0.4, -0.2) is 37.2 Å². The Balaban J connectivity index is 4.25. The number of carbonyl (C=O) groups excluding carboxylic acids is 3. The van der Waals surface area contributed by atoms with Gasteiger partial charge < -0.3 is 14.2 Å². The lowest BCUT2D eigenvalue weighted by Gasteiger charge is -2.18. The third-order valence-electron chi connectivity index (χ3n) is 15.5. The average molecular weight is 1110 g/mol. The molecule has 0 heterocycles. The number of hydrogen-bond donors (Lipinski definition) is 0. The Kier molecular flexibility index (Phi) is 65.1. The first-order valence-corrected chi connectivity index (χ1v) is 34.8. The maximum absolute atomic E-state index is 12.9. The standard InChI is InChI=1S/C73H132O6/c1-4-7-10-13-16-19-22-25-27-29-31-33-34-35-36-37-38-40-41-43-45-48-51-54-57-60-63-66-72(75)78-69-70(68-77-71(74)65-62-59-56-53-50-47-24-21-18-15-12-9-6-3)79-73(76)67-64-61-58-55-52-49-46-44-42-39-32-30-28-26-23-20-17-14-11-8-5-2/h12,15,21,23-24,26,30,32,42,44,70H,4-11,13-14,16-20,22,25,27-29,31,33-41,43,45-69H2,1-3H3/b15-12-,24-21-,26-23-,32-30-,44-42-. The van der Waals surface area contributed by atoms with E-state index in [1.54, 1.807) is 0 Å². The van der Waals surface area contributed by atoms with Crippen molar-refractivity contribution in [1.82, 2.24) is 0 Å². The van der Waals surface area contributed by atoms with Crippen molar-refractivity contribution in [1.29, 1.82) is 0 Å². The molecule has 0 radical (unpaired) electrons. The Hall–Kier alpha value is -2.89. The third-order valence-corrected chi connectivity index (χ3v) is 15.5. The molecule has 0 spiro atoms. The van der Waals surface area contributed by atoms with E-state index in [2.05, 4.69) is 81.5 Å².